The maximum atomic E-state index is 11.9. The van der Waals surface area contributed by atoms with E-state index in [0.29, 0.717) is 13.0 Å². The van der Waals surface area contributed by atoms with Gasteiger partial charge in [-0.1, -0.05) is 18.2 Å². The second-order valence-electron chi connectivity index (χ2n) is 5.25. The number of hydrogen-bond acceptors (Lipinski definition) is 3. The largest absolute Gasteiger partial charge is 0.454 e. The minimum absolute atomic E-state index is 0. The molecular formula is C16H20ClNO2. The SMILES string of the molecule is Cl.NCCC1OC(=O)c2cc(C3=CCCCC3)ccc21. The average Bonchev–Trinajstić information content (AvgIpc) is 2.77. The number of fused-ring (bicyclic) bond motifs is 1. The van der Waals surface area contributed by atoms with E-state index in [1.165, 1.54) is 24.0 Å². The van der Waals surface area contributed by atoms with Gasteiger partial charge >= 0.3 is 5.97 Å². The molecule has 2 aliphatic rings. The monoisotopic (exact) mass is 293 g/mol. The fraction of sp³-hybridized carbons (Fsp3) is 0.438. The Morgan fingerprint density at radius 1 is 1.30 bits per heavy atom. The van der Waals surface area contributed by atoms with Crippen molar-refractivity contribution < 1.29 is 9.53 Å². The number of hydrogen-bond donors (Lipinski definition) is 1. The van der Waals surface area contributed by atoms with Gasteiger partial charge in [0.05, 0.1) is 5.56 Å². The quantitative estimate of drug-likeness (QED) is 0.866. The summed E-state index contributed by atoms with van der Waals surface area (Å²) in [5.41, 5.74) is 9.81. The van der Waals surface area contributed by atoms with Gasteiger partial charge < -0.3 is 10.5 Å². The van der Waals surface area contributed by atoms with E-state index >= 15 is 0 Å². The van der Waals surface area contributed by atoms with Crippen molar-refractivity contribution in [2.75, 3.05) is 6.54 Å². The zero-order valence-corrected chi connectivity index (χ0v) is 12.2. The van der Waals surface area contributed by atoms with Gasteiger partial charge in [0.1, 0.15) is 6.10 Å². The van der Waals surface area contributed by atoms with Gasteiger partial charge in [0.25, 0.3) is 0 Å². The molecule has 1 heterocycles. The summed E-state index contributed by atoms with van der Waals surface area (Å²) in [5.74, 6) is -0.202. The molecule has 20 heavy (non-hydrogen) atoms. The van der Waals surface area contributed by atoms with Crippen LogP contribution in [0.2, 0.25) is 0 Å². The Kier molecular flexibility index (Phi) is 4.84. The van der Waals surface area contributed by atoms with Crippen LogP contribution in [0.1, 0.15) is 59.7 Å². The molecule has 0 radical (unpaired) electrons. The zero-order valence-electron chi connectivity index (χ0n) is 11.4. The molecule has 1 aromatic rings. The molecule has 0 bridgehead atoms. The number of rotatable bonds is 3. The molecule has 1 aliphatic heterocycles. The summed E-state index contributed by atoms with van der Waals surface area (Å²) in [6, 6.07) is 6.14. The molecule has 1 aliphatic carbocycles. The summed E-state index contributed by atoms with van der Waals surface area (Å²) in [6.07, 6.45) is 7.61. The maximum absolute atomic E-state index is 11.9. The molecule has 1 aromatic carbocycles. The second-order valence-corrected chi connectivity index (χ2v) is 5.25. The number of esters is 1. The topological polar surface area (TPSA) is 52.3 Å². The highest BCUT2D eigenvalue weighted by molar-refractivity contribution is 5.95. The van der Waals surface area contributed by atoms with Crippen LogP contribution in [0.5, 0.6) is 0 Å². The van der Waals surface area contributed by atoms with Crippen molar-refractivity contribution in [1.29, 1.82) is 0 Å². The van der Waals surface area contributed by atoms with Crippen molar-refractivity contribution in [3.8, 4) is 0 Å². The Hall–Kier alpha value is -1.32. The highest BCUT2D eigenvalue weighted by Crippen LogP contribution is 2.36. The summed E-state index contributed by atoms with van der Waals surface area (Å²) in [5, 5.41) is 0. The van der Waals surface area contributed by atoms with Crippen molar-refractivity contribution in [2.45, 2.75) is 38.2 Å². The lowest BCUT2D eigenvalue weighted by molar-refractivity contribution is 0.0374. The molecule has 0 spiro atoms. The summed E-state index contributed by atoms with van der Waals surface area (Å²) in [6.45, 7) is 0.532. The van der Waals surface area contributed by atoms with Crippen molar-refractivity contribution in [2.24, 2.45) is 5.73 Å². The number of halogens is 1. The Labute approximate surface area is 125 Å². The summed E-state index contributed by atoms with van der Waals surface area (Å²) in [4.78, 5) is 11.9. The molecule has 1 atom stereocenters. The highest BCUT2D eigenvalue weighted by Gasteiger charge is 2.30. The fourth-order valence-electron chi connectivity index (χ4n) is 2.94. The van der Waals surface area contributed by atoms with Gasteiger partial charge in [-0.25, -0.2) is 4.79 Å². The number of cyclic esters (lactones) is 1. The molecule has 3 rings (SSSR count). The third-order valence-electron chi connectivity index (χ3n) is 3.96. The number of nitrogens with two attached hydrogens (primary N) is 1. The molecule has 3 nitrogen and oxygen atoms in total. The molecule has 4 heteroatoms. The first-order chi connectivity index (χ1) is 9.29. The van der Waals surface area contributed by atoms with Crippen LogP contribution < -0.4 is 5.73 Å². The van der Waals surface area contributed by atoms with Crippen LogP contribution in [0.4, 0.5) is 0 Å². The molecule has 108 valence electrons. The van der Waals surface area contributed by atoms with E-state index in [0.717, 1.165) is 24.0 Å². The Morgan fingerprint density at radius 2 is 2.15 bits per heavy atom. The Morgan fingerprint density at radius 3 is 2.85 bits per heavy atom. The fourth-order valence-corrected chi connectivity index (χ4v) is 2.94. The minimum Gasteiger partial charge on any atom is -0.454 e. The average molecular weight is 294 g/mol. The van der Waals surface area contributed by atoms with Crippen LogP contribution in [-0.2, 0) is 4.74 Å². The zero-order chi connectivity index (χ0) is 13.2. The summed E-state index contributed by atoms with van der Waals surface area (Å²) < 4.78 is 5.38. The standard InChI is InChI=1S/C16H19NO2.ClH/c17-9-8-15-13-7-6-12(10-14(13)16(18)19-15)11-4-2-1-3-5-11;/h4,6-7,10,15H,1-3,5,8-9,17H2;1H. The minimum atomic E-state index is -0.202. The predicted octanol–water partition coefficient (Wildman–Crippen LogP) is 3.63. The van der Waals surface area contributed by atoms with Crippen LogP contribution in [0.3, 0.4) is 0 Å². The third-order valence-corrected chi connectivity index (χ3v) is 3.96. The Bertz CT molecular complexity index is 539. The molecule has 0 saturated carbocycles. The van der Waals surface area contributed by atoms with E-state index in [9.17, 15) is 4.79 Å². The normalized spacial score (nSPS) is 20.8. The van der Waals surface area contributed by atoms with Crippen LogP contribution >= 0.6 is 12.4 Å². The number of allylic oxidation sites excluding steroid dienone is 2. The van der Waals surface area contributed by atoms with Gasteiger partial charge in [-0.3, -0.25) is 0 Å². The predicted molar refractivity (Wildman–Crippen MR) is 82.0 cm³/mol. The molecular weight excluding hydrogens is 274 g/mol. The van der Waals surface area contributed by atoms with E-state index < -0.39 is 0 Å². The first-order valence-corrected chi connectivity index (χ1v) is 7.04. The maximum Gasteiger partial charge on any atom is 0.339 e. The number of benzene rings is 1. The molecule has 0 fully saturated rings. The van der Waals surface area contributed by atoms with Crippen molar-refractivity contribution >= 4 is 23.9 Å². The van der Waals surface area contributed by atoms with Crippen LogP contribution in [-0.4, -0.2) is 12.5 Å². The molecule has 0 aromatic heterocycles. The van der Waals surface area contributed by atoms with Gasteiger partial charge in [0, 0.05) is 12.0 Å². The first-order valence-electron chi connectivity index (χ1n) is 7.04. The number of carbonyl (C=O) groups excluding carboxylic acids is 1. The Balaban J connectivity index is 0.00000147. The molecule has 2 N–H and O–H groups in total. The summed E-state index contributed by atoms with van der Waals surface area (Å²) >= 11 is 0. The number of carbonyl (C=O) groups is 1. The second kappa shape index (κ2) is 6.42. The van der Waals surface area contributed by atoms with Gasteiger partial charge in [0.2, 0.25) is 0 Å². The van der Waals surface area contributed by atoms with Crippen molar-refractivity contribution in [3.63, 3.8) is 0 Å². The van der Waals surface area contributed by atoms with Crippen LogP contribution in [0.25, 0.3) is 5.57 Å². The highest BCUT2D eigenvalue weighted by atomic mass is 35.5. The van der Waals surface area contributed by atoms with Crippen LogP contribution in [0.15, 0.2) is 24.3 Å². The van der Waals surface area contributed by atoms with Crippen molar-refractivity contribution in [1.82, 2.24) is 0 Å². The van der Waals surface area contributed by atoms with Gasteiger partial charge in [-0.2, -0.15) is 0 Å². The van der Waals surface area contributed by atoms with E-state index in [2.05, 4.69) is 12.1 Å². The lowest BCUT2D eigenvalue weighted by Crippen LogP contribution is -2.06. The van der Waals surface area contributed by atoms with E-state index in [1.54, 1.807) is 0 Å². The molecule has 1 unspecified atom stereocenters. The van der Waals surface area contributed by atoms with Gasteiger partial charge in [-0.15, -0.1) is 12.4 Å². The lowest BCUT2D eigenvalue weighted by atomic mass is 9.91. The van der Waals surface area contributed by atoms with Gasteiger partial charge in [0.15, 0.2) is 0 Å². The van der Waals surface area contributed by atoms with E-state index in [1.807, 2.05) is 12.1 Å². The van der Waals surface area contributed by atoms with Crippen molar-refractivity contribution in [3.05, 3.63) is 41.0 Å². The molecule has 0 amide bonds. The smallest absolute Gasteiger partial charge is 0.339 e. The lowest BCUT2D eigenvalue weighted by Gasteiger charge is -2.14. The number of ether oxygens (including phenoxy) is 1. The summed E-state index contributed by atoms with van der Waals surface area (Å²) in [7, 11) is 0. The third kappa shape index (κ3) is 2.74. The first kappa shape index (κ1) is 15.1. The van der Waals surface area contributed by atoms with E-state index in [4.69, 9.17) is 10.5 Å². The van der Waals surface area contributed by atoms with Gasteiger partial charge in [-0.05, 0) is 49.4 Å². The van der Waals surface area contributed by atoms with Crippen LogP contribution in [0, 0.1) is 0 Å². The van der Waals surface area contributed by atoms with E-state index in [-0.39, 0.29) is 24.5 Å². The molecule has 0 saturated heterocycles.